The number of methoxy groups -OCH3 is 2. The first-order valence-electron chi connectivity index (χ1n) is 8.37. The lowest BCUT2D eigenvalue weighted by molar-refractivity contribution is -0.133. The fraction of sp³-hybridized carbons (Fsp3) is 0.588. The monoisotopic (exact) mass is 385 g/mol. The van der Waals surface area contributed by atoms with Crippen LogP contribution in [0.15, 0.2) is 18.2 Å². The van der Waals surface area contributed by atoms with E-state index < -0.39 is 16.1 Å². The number of carbonyl (C=O) groups excluding carboxylic acids is 1. The third-order valence-corrected chi connectivity index (χ3v) is 5.74. The predicted octanol–water partition coefficient (Wildman–Crippen LogP) is 0.632. The van der Waals surface area contributed by atoms with E-state index in [9.17, 15) is 13.2 Å². The topological polar surface area (TPSA) is 79.4 Å². The quantitative estimate of drug-likeness (QED) is 0.715. The van der Waals surface area contributed by atoms with Crippen molar-refractivity contribution < 1.29 is 22.7 Å². The molecule has 0 saturated carbocycles. The maximum Gasteiger partial charge on any atom is 0.246 e. The summed E-state index contributed by atoms with van der Waals surface area (Å²) in [5, 5.41) is 0. The summed E-state index contributed by atoms with van der Waals surface area (Å²) in [5.74, 6) is 0.680. The van der Waals surface area contributed by atoms with E-state index in [4.69, 9.17) is 9.47 Å². The molecule has 26 heavy (non-hydrogen) atoms. The highest BCUT2D eigenvalue weighted by Crippen LogP contribution is 2.33. The molecule has 1 aliphatic heterocycles. The molecule has 0 N–H and O–H groups in total. The molecule has 0 spiro atoms. The van der Waals surface area contributed by atoms with Crippen LogP contribution in [-0.4, -0.2) is 83.9 Å². The molecule has 2 rings (SSSR count). The standard InChI is InChI=1S/C17H27N3O5S/c1-13(17(21)19-10-8-18(2)9-11-19)20(26(5,22)23)14-6-7-15(24-3)16(12-14)25-4/h6-7,12-13H,8-11H2,1-5H3. The summed E-state index contributed by atoms with van der Waals surface area (Å²) >= 11 is 0. The van der Waals surface area contributed by atoms with Gasteiger partial charge in [-0.15, -0.1) is 0 Å². The maximum absolute atomic E-state index is 12.9. The highest BCUT2D eigenvalue weighted by atomic mass is 32.2. The molecule has 1 heterocycles. The molecule has 0 bridgehead atoms. The Morgan fingerprint density at radius 1 is 1.12 bits per heavy atom. The van der Waals surface area contributed by atoms with Gasteiger partial charge in [-0.05, 0) is 26.1 Å². The Morgan fingerprint density at radius 3 is 2.19 bits per heavy atom. The van der Waals surface area contributed by atoms with Gasteiger partial charge < -0.3 is 19.3 Å². The summed E-state index contributed by atoms with van der Waals surface area (Å²) in [6, 6.07) is 3.94. The lowest BCUT2D eigenvalue weighted by Crippen LogP contribution is -2.54. The first-order valence-corrected chi connectivity index (χ1v) is 10.2. The summed E-state index contributed by atoms with van der Waals surface area (Å²) < 4.78 is 36.5. The van der Waals surface area contributed by atoms with Crippen molar-refractivity contribution in [1.29, 1.82) is 0 Å². The fourth-order valence-electron chi connectivity index (χ4n) is 3.06. The number of benzene rings is 1. The van der Waals surface area contributed by atoms with Crippen molar-refractivity contribution in [2.45, 2.75) is 13.0 Å². The van der Waals surface area contributed by atoms with Gasteiger partial charge in [-0.1, -0.05) is 0 Å². The van der Waals surface area contributed by atoms with Gasteiger partial charge in [0.2, 0.25) is 15.9 Å². The van der Waals surface area contributed by atoms with Crippen LogP contribution in [0.25, 0.3) is 0 Å². The smallest absolute Gasteiger partial charge is 0.246 e. The van der Waals surface area contributed by atoms with Crippen LogP contribution in [0, 0.1) is 0 Å². The molecule has 1 aromatic rings. The van der Waals surface area contributed by atoms with E-state index in [2.05, 4.69) is 4.90 Å². The molecule has 146 valence electrons. The number of anilines is 1. The molecule has 1 aromatic carbocycles. The lowest BCUT2D eigenvalue weighted by Gasteiger charge is -2.37. The van der Waals surface area contributed by atoms with Crippen molar-refractivity contribution in [3.63, 3.8) is 0 Å². The van der Waals surface area contributed by atoms with Crippen molar-refractivity contribution in [2.24, 2.45) is 0 Å². The Bertz CT molecular complexity index is 745. The van der Waals surface area contributed by atoms with Gasteiger partial charge in [0.25, 0.3) is 0 Å². The van der Waals surface area contributed by atoms with Crippen molar-refractivity contribution in [3.05, 3.63) is 18.2 Å². The third kappa shape index (κ3) is 4.39. The summed E-state index contributed by atoms with van der Waals surface area (Å²) in [4.78, 5) is 16.7. The maximum atomic E-state index is 12.9. The van der Waals surface area contributed by atoms with Gasteiger partial charge in [-0.25, -0.2) is 8.42 Å². The van der Waals surface area contributed by atoms with E-state index in [1.807, 2.05) is 7.05 Å². The summed E-state index contributed by atoms with van der Waals surface area (Å²) in [6.45, 7) is 4.33. The van der Waals surface area contributed by atoms with Crippen molar-refractivity contribution in [3.8, 4) is 11.5 Å². The summed E-state index contributed by atoms with van der Waals surface area (Å²) in [5.41, 5.74) is 0.361. The molecule has 9 heteroatoms. The number of amides is 1. The van der Waals surface area contributed by atoms with Crippen molar-refractivity contribution in [1.82, 2.24) is 9.80 Å². The molecular weight excluding hydrogens is 358 g/mol. The van der Waals surface area contributed by atoms with Crippen LogP contribution in [-0.2, 0) is 14.8 Å². The largest absolute Gasteiger partial charge is 0.493 e. The molecule has 0 aliphatic carbocycles. The second-order valence-electron chi connectivity index (χ2n) is 6.40. The van der Waals surface area contributed by atoms with E-state index in [0.717, 1.165) is 23.7 Å². The number of nitrogens with zero attached hydrogens (tertiary/aromatic N) is 3. The second-order valence-corrected chi connectivity index (χ2v) is 8.26. The molecule has 0 aromatic heterocycles. The Hall–Kier alpha value is -2.00. The van der Waals surface area contributed by atoms with Gasteiger partial charge in [0.1, 0.15) is 6.04 Å². The molecular formula is C17H27N3O5S. The molecule has 1 aliphatic rings. The fourth-order valence-corrected chi connectivity index (χ4v) is 4.22. The summed E-state index contributed by atoms with van der Waals surface area (Å²) in [7, 11) is 1.30. The highest BCUT2D eigenvalue weighted by Gasteiger charge is 2.33. The summed E-state index contributed by atoms with van der Waals surface area (Å²) in [6.07, 6.45) is 1.09. The van der Waals surface area contributed by atoms with Crippen LogP contribution in [0.1, 0.15) is 6.92 Å². The number of likely N-dealkylation sites (N-methyl/N-ethyl adjacent to an activating group) is 1. The van der Waals surface area contributed by atoms with Crippen molar-refractivity contribution in [2.75, 3.05) is 58.0 Å². The van der Waals surface area contributed by atoms with E-state index in [-0.39, 0.29) is 5.91 Å². The Balaban J connectivity index is 2.34. The molecule has 1 saturated heterocycles. The zero-order valence-electron chi connectivity index (χ0n) is 15.9. The van der Waals surface area contributed by atoms with Gasteiger partial charge >= 0.3 is 0 Å². The highest BCUT2D eigenvalue weighted by molar-refractivity contribution is 7.92. The van der Waals surface area contributed by atoms with Crippen LogP contribution in [0.2, 0.25) is 0 Å². The lowest BCUT2D eigenvalue weighted by atomic mass is 10.2. The van der Waals surface area contributed by atoms with Crippen LogP contribution in [0.4, 0.5) is 5.69 Å². The Morgan fingerprint density at radius 2 is 1.69 bits per heavy atom. The number of hydrogen-bond donors (Lipinski definition) is 0. The minimum absolute atomic E-state index is 0.210. The average Bonchev–Trinajstić information content (AvgIpc) is 2.60. The normalized spacial score (nSPS) is 16.9. The van der Waals surface area contributed by atoms with Crippen LogP contribution < -0.4 is 13.8 Å². The number of rotatable bonds is 6. The Kier molecular flexibility index (Phi) is 6.35. The number of sulfonamides is 1. The van der Waals surface area contributed by atoms with E-state index in [1.54, 1.807) is 30.0 Å². The van der Waals surface area contributed by atoms with Gasteiger partial charge in [0.05, 0.1) is 26.2 Å². The SMILES string of the molecule is COc1ccc(N(C(C)C(=O)N2CCN(C)CC2)S(C)(=O)=O)cc1OC. The second kappa shape index (κ2) is 8.13. The van der Waals surface area contributed by atoms with E-state index >= 15 is 0 Å². The molecule has 0 radical (unpaired) electrons. The van der Waals surface area contributed by atoms with Crippen LogP contribution in [0.5, 0.6) is 11.5 Å². The minimum atomic E-state index is -3.68. The van der Waals surface area contributed by atoms with Gasteiger partial charge in [-0.2, -0.15) is 0 Å². The zero-order valence-corrected chi connectivity index (χ0v) is 16.7. The number of hydrogen-bond acceptors (Lipinski definition) is 6. The minimum Gasteiger partial charge on any atom is -0.493 e. The molecule has 1 atom stereocenters. The van der Waals surface area contributed by atoms with Crippen LogP contribution in [0.3, 0.4) is 0 Å². The molecule has 1 amide bonds. The number of piperazine rings is 1. The predicted molar refractivity (Wildman–Crippen MR) is 100 cm³/mol. The average molecular weight is 385 g/mol. The number of carbonyl (C=O) groups is 1. The Labute approximate surface area is 155 Å². The van der Waals surface area contributed by atoms with Gasteiger partial charge in [-0.3, -0.25) is 9.10 Å². The van der Waals surface area contributed by atoms with Gasteiger partial charge in [0.15, 0.2) is 11.5 Å². The van der Waals surface area contributed by atoms with Crippen LogP contribution >= 0.6 is 0 Å². The number of ether oxygens (including phenoxy) is 2. The molecule has 1 fully saturated rings. The third-order valence-electron chi connectivity index (χ3n) is 4.50. The van der Waals surface area contributed by atoms with E-state index in [1.165, 1.54) is 14.2 Å². The van der Waals surface area contributed by atoms with Gasteiger partial charge in [0, 0.05) is 32.2 Å². The molecule has 1 unspecified atom stereocenters. The zero-order chi connectivity index (χ0) is 19.5. The molecule has 8 nitrogen and oxygen atoms in total. The first kappa shape index (κ1) is 20.3. The van der Waals surface area contributed by atoms with E-state index in [0.29, 0.717) is 30.3 Å². The first-order chi connectivity index (χ1) is 12.2. The van der Waals surface area contributed by atoms with Crippen molar-refractivity contribution >= 4 is 21.6 Å².